The van der Waals surface area contributed by atoms with Gasteiger partial charge in [0.1, 0.15) is 0 Å². The minimum Gasteiger partial charge on any atom is -0.399 e. The number of carbonyl (C=O) groups excluding carboxylic acids is 1. The standard InChI is InChI=1S/C17H19ClN2O/c1-3-20(11-13-5-4-6-15(19)9-13)17(21)14-8-7-12(2)16(18)10-14/h4-10H,3,11,19H2,1-2H3. The number of aryl methyl sites for hydroxylation is 1. The van der Waals surface area contributed by atoms with Crippen LogP contribution in [0.2, 0.25) is 5.02 Å². The number of amides is 1. The first kappa shape index (κ1) is 15.4. The Balaban J connectivity index is 2.20. The molecule has 0 unspecified atom stereocenters. The molecule has 21 heavy (non-hydrogen) atoms. The number of hydrogen-bond acceptors (Lipinski definition) is 2. The summed E-state index contributed by atoms with van der Waals surface area (Å²) in [5.74, 6) is -0.0261. The van der Waals surface area contributed by atoms with Crippen LogP contribution < -0.4 is 5.73 Å². The topological polar surface area (TPSA) is 46.3 Å². The van der Waals surface area contributed by atoms with Crippen molar-refractivity contribution in [3.05, 3.63) is 64.2 Å². The Hall–Kier alpha value is -2.00. The summed E-state index contributed by atoms with van der Waals surface area (Å²) in [5.41, 5.74) is 9.07. The number of carbonyl (C=O) groups is 1. The highest BCUT2D eigenvalue weighted by atomic mass is 35.5. The average molecular weight is 303 g/mol. The Morgan fingerprint density at radius 1 is 1.24 bits per heavy atom. The van der Waals surface area contributed by atoms with E-state index < -0.39 is 0 Å². The van der Waals surface area contributed by atoms with E-state index in [4.69, 9.17) is 17.3 Å². The van der Waals surface area contributed by atoms with E-state index in [0.29, 0.717) is 29.4 Å². The third-order valence-corrected chi connectivity index (χ3v) is 3.82. The van der Waals surface area contributed by atoms with Crippen LogP contribution in [0.4, 0.5) is 5.69 Å². The fraction of sp³-hybridized carbons (Fsp3) is 0.235. The van der Waals surface area contributed by atoms with Gasteiger partial charge in [0.2, 0.25) is 0 Å². The molecule has 0 radical (unpaired) electrons. The number of nitrogens with zero attached hydrogens (tertiary/aromatic N) is 1. The van der Waals surface area contributed by atoms with Crippen molar-refractivity contribution in [1.82, 2.24) is 4.90 Å². The number of nitrogens with two attached hydrogens (primary N) is 1. The van der Waals surface area contributed by atoms with E-state index in [9.17, 15) is 4.79 Å². The number of nitrogen functional groups attached to an aromatic ring is 1. The summed E-state index contributed by atoms with van der Waals surface area (Å²) in [7, 11) is 0. The highest BCUT2D eigenvalue weighted by Crippen LogP contribution is 2.19. The zero-order valence-electron chi connectivity index (χ0n) is 12.3. The van der Waals surface area contributed by atoms with Crippen molar-refractivity contribution in [2.45, 2.75) is 20.4 Å². The Morgan fingerprint density at radius 2 is 2.00 bits per heavy atom. The average Bonchev–Trinajstić information content (AvgIpc) is 2.47. The fourth-order valence-electron chi connectivity index (χ4n) is 2.15. The molecule has 0 aliphatic carbocycles. The number of halogens is 1. The smallest absolute Gasteiger partial charge is 0.254 e. The second kappa shape index (κ2) is 6.64. The van der Waals surface area contributed by atoms with Gasteiger partial charge in [-0.15, -0.1) is 0 Å². The monoisotopic (exact) mass is 302 g/mol. The molecular formula is C17H19ClN2O. The van der Waals surface area contributed by atoms with Crippen LogP contribution in [0.1, 0.15) is 28.4 Å². The first-order valence-corrected chi connectivity index (χ1v) is 7.29. The van der Waals surface area contributed by atoms with E-state index in [1.165, 1.54) is 0 Å². The van der Waals surface area contributed by atoms with Gasteiger partial charge in [0.05, 0.1) is 0 Å². The lowest BCUT2D eigenvalue weighted by molar-refractivity contribution is 0.0752. The third-order valence-electron chi connectivity index (χ3n) is 3.41. The van der Waals surface area contributed by atoms with E-state index in [0.717, 1.165) is 11.1 Å². The van der Waals surface area contributed by atoms with Crippen LogP contribution in [0.5, 0.6) is 0 Å². The minimum absolute atomic E-state index is 0.0261. The molecule has 0 aliphatic rings. The second-order valence-electron chi connectivity index (χ2n) is 5.03. The maximum absolute atomic E-state index is 12.6. The summed E-state index contributed by atoms with van der Waals surface area (Å²) in [5, 5.41) is 0.612. The maximum Gasteiger partial charge on any atom is 0.254 e. The molecule has 0 atom stereocenters. The first-order chi connectivity index (χ1) is 10.0. The Morgan fingerprint density at radius 3 is 2.62 bits per heavy atom. The predicted molar refractivity (Wildman–Crippen MR) is 87.5 cm³/mol. The molecule has 2 N–H and O–H groups in total. The lowest BCUT2D eigenvalue weighted by atomic mass is 10.1. The van der Waals surface area contributed by atoms with E-state index in [1.54, 1.807) is 11.0 Å². The van der Waals surface area contributed by atoms with Crippen molar-refractivity contribution in [1.29, 1.82) is 0 Å². The van der Waals surface area contributed by atoms with Crippen LogP contribution in [-0.2, 0) is 6.54 Å². The van der Waals surface area contributed by atoms with Crippen LogP contribution in [-0.4, -0.2) is 17.4 Å². The van der Waals surface area contributed by atoms with Gasteiger partial charge in [0, 0.05) is 29.4 Å². The van der Waals surface area contributed by atoms with Crippen LogP contribution in [0.15, 0.2) is 42.5 Å². The third kappa shape index (κ3) is 3.76. The van der Waals surface area contributed by atoms with Crippen LogP contribution in [0.3, 0.4) is 0 Å². The molecule has 110 valence electrons. The Bertz CT molecular complexity index is 655. The molecular weight excluding hydrogens is 284 g/mol. The fourth-order valence-corrected chi connectivity index (χ4v) is 2.33. The summed E-state index contributed by atoms with van der Waals surface area (Å²) in [6.45, 7) is 5.03. The molecule has 0 spiro atoms. The molecule has 4 heteroatoms. The van der Waals surface area contributed by atoms with Crippen molar-refractivity contribution in [3.63, 3.8) is 0 Å². The molecule has 1 amide bonds. The summed E-state index contributed by atoms with van der Waals surface area (Å²) < 4.78 is 0. The normalized spacial score (nSPS) is 10.4. The van der Waals surface area contributed by atoms with Gasteiger partial charge in [-0.1, -0.05) is 29.8 Å². The number of anilines is 1. The number of hydrogen-bond donors (Lipinski definition) is 1. The molecule has 2 aromatic carbocycles. The lowest BCUT2D eigenvalue weighted by Gasteiger charge is -2.21. The van der Waals surface area contributed by atoms with Gasteiger partial charge in [-0.3, -0.25) is 4.79 Å². The van der Waals surface area contributed by atoms with Crippen molar-refractivity contribution < 1.29 is 4.79 Å². The van der Waals surface area contributed by atoms with Crippen LogP contribution in [0.25, 0.3) is 0 Å². The van der Waals surface area contributed by atoms with Crippen molar-refractivity contribution >= 4 is 23.2 Å². The zero-order valence-corrected chi connectivity index (χ0v) is 13.0. The summed E-state index contributed by atoms with van der Waals surface area (Å²) >= 11 is 6.10. The Labute approximate surface area is 130 Å². The van der Waals surface area contributed by atoms with Gasteiger partial charge in [-0.2, -0.15) is 0 Å². The molecule has 0 fully saturated rings. The molecule has 0 heterocycles. The van der Waals surface area contributed by atoms with E-state index in [1.807, 2.05) is 50.2 Å². The van der Waals surface area contributed by atoms with Gasteiger partial charge in [0.15, 0.2) is 0 Å². The highest BCUT2D eigenvalue weighted by molar-refractivity contribution is 6.31. The van der Waals surface area contributed by atoms with Crippen LogP contribution in [0, 0.1) is 6.92 Å². The summed E-state index contributed by atoms with van der Waals surface area (Å²) in [6, 6.07) is 13.0. The Kier molecular flexibility index (Phi) is 4.86. The minimum atomic E-state index is -0.0261. The summed E-state index contributed by atoms with van der Waals surface area (Å²) in [6.07, 6.45) is 0. The van der Waals surface area contributed by atoms with Gasteiger partial charge in [-0.25, -0.2) is 0 Å². The van der Waals surface area contributed by atoms with Crippen LogP contribution >= 0.6 is 11.6 Å². The molecule has 0 aliphatic heterocycles. The molecule has 0 aromatic heterocycles. The lowest BCUT2D eigenvalue weighted by Crippen LogP contribution is -2.30. The summed E-state index contributed by atoms with van der Waals surface area (Å²) in [4.78, 5) is 14.3. The van der Waals surface area contributed by atoms with E-state index >= 15 is 0 Å². The van der Waals surface area contributed by atoms with Crippen molar-refractivity contribution in [2.24, 2.45) is 0 Å². The number of benzene rings is 2. The molecule has 0 saturated heterocycles. The van der Waals surface area contributed by atoms with E-state index in [-0.39, 0.29) is 5.91 Å². The SMILES string of the molecule is CCN(Cc1cccc(N)c1)C(=O)c1ccc(C)c(Cl)c1. The van der Waals surface area contributed by atoms with Gasteiger partial charge < -0.3 is 10.6 Å². The maximum atomic E-state index is 12.6. The van der Waals surface area contributed by atoms with Crippen molar-refractivity contribution in [2.75, 3.05) is 12.3 Å². The van der Waals surface area contributed by atoms with Gasteiger partial charge in [-0.05, 0) is 49.2 Å². The second-order valence-corrected chi connectivity index (χ2v) is 5.44. The van der Waals surface area contributed by atoms with Crippen molar-refractivity contribution in [3.8, 4) is 0 Å². The first-order valence-electron chi connectivity index (χ1n) is 6.91. The van der Waals surface area contributed by atoms with Gasteiger partial charge in [0.25, 0.3) is 5.91 Å². The molecule has 2 aromatic rings. The molecule has 0 bridgehead atoms. The molecule has 2 rings (SSSR count). The molecule has 0 saturated carbocycles. The zero-order chi connectivity index (χ0) is 15.4. The largest absolute Gasteiger partial charge is 0.399 e. The molecule has 3 nitrogen and oxygen atoms in total. The highest BCUT2D eigenvalue weighted by Gasteiger charge is 2.15. The van der Waals surface area contributed by atoms with E-state index in [2.05, 4.69) is 0 Å². The number of rotatable bonds is 4. The predicted octanol–water partition coefficient (Wildman–Crippen LogP) is 3.89. The van der Waals surface area contributed by atoms with Gasteiger partial charge >= 0.3 is 0 Å². The quantitative estimate of drug-likeness (QED) is 0.871.